The number of nitrogens with zero attached hydrogens (tertiary/aromatic N) is 3. The average molecular weight is 465 g/mol. The summed E-state index contributed by atoms with van der Waals surface area (Å²) in [6.07, 6.45) is -0.973. The number of hydrogen-bond donors (Lipinski definition) is 2. The lowest BCUT2D eigenvalue weighted by molar-refractivity contribution is -0.137. The second-order valence-corrected chi connectivity index (χ2v) is 7.75. The van der Waals surface area contributed by atoms with Crippen molar-refractivity contribution in [2.45, 2.75) is 26.1 Å². The summed E-state index contributed by atoms with van der Waals surface area (Å²) >= 11 is 0. The molecule has 2 heterocycles. The van der Waals surface area contributed by atoms with E-state index < -0.39 is 17.6 Å². The molecule has 1 amide bonds. The van der Waals surface area contributed by atoms with Gasteiger partial charge in [0.25, 0.3) is 5.91 Å². The molecule has 0 bridgehead atoms. The first-order valence-electron chi connectivity index (χ1n) is 10.5. The van der Waals surface area contributed by atoms with Crippen molar-refractivity contribution in [2.24, 2.45) is 0 Å². The number of imidazole rings is 1. The maximum atomic E-state index is 13.0. The van der Waals surface area contributed by atoms with E-state index >= 15 is 0 Å². The lowest BCUT2D eigenvalue weighted by atomic mass is 10.1. The van der Waals surface area contributed by atoms with Crippen LogP contribution in [0.25, 0.3) is 5.82 Å². The fraction of sp³-hybridized carbons (Fsp3) is 0.160. The van der Waals surface area contributed by atoms with Crippen molar-refractivity contribution < 1.29 is 18.0 Å². The molecule has 34 heavy (non-hydrogen) atoms. The Bertz CT molecular complexity index is 1320. The average Bonchev–Trinajstić information content (AvgIpc) is 3.25. The van der Waals surface area contributed by atoms with Crippen LogP contribution in [-0.2, 0) is 6.18 Å². The highest BCUT2D eigenvalue weighted by Crippen LogP contribution is 2.30. The van der Waals surface area contributed by atoms with Crippen molar-refractivity contribution in [3.63, 3.8) is 0 Å². The molecule has 9 heteroatoms. The van der Waals surface area contributed by atoms with E-state index in [0.717, 1.165) is 29.3 Å². The molecule has 6 nitrogen and oxygen atoms in total. The molecular formula is C25H22F3N5O. The summed E-state index contributed by atoms with van der Waals surface area (Å²) in [4.78, 5) is 21.4. The molecule has 0 fully saturated rings. The minimum Gasteiger partial charge on any atom is -0.363 e. The molecule has 0 aliphatic rings. The summed E-state index contributed by atoms with van der Waals surface area (Å²) < 4.78 is 40.7. The number of carbonyl (C=O) groups excluding carboxylic acids is 1. The number of aryl methyl sites for hydroxylation is 1. The summed E-state index contributed by atoms with van der Waals surface area (Å²) in [6.45, 7) is 3.84. The number of nitrogens with one attached hydrogen (secondary N) is 2. The topological polar surface area (TPSA) is 71.8 Å². The number of amides is 1. The van der Waals surface area contributed by atoms with Gasteiger partial charge in [-0.15, -0.1) is 0 Å². The lowest BCUT2D eigenvalue weighted by Crippen LogP contribution is -2.14. The molecule has 4 rings (SSSR count). The summed E-state index contributed by atoms with van der Waals surface area (Å²) in [6, 6.07) is 16.9. The first-order valence-corrected chi connectivity index (χ1v) is 10.5. The zero-order valence-corrected chi connectivity index (χ0v) is 18.5. The van der Waals surface area contributed by atoms with Crippen molar-refractivity contribution in [1.29, 1.82) is 0 Å². The van der Waals surface area contributed by atoms with Crippen LogP contribution in [0.2, 0.25) is 0 Å². The van der Waals surface area contributed by atoms with E-state index in [4.69, 9.17) is 0 Å². The normalized spacial score (nSPS) is 12.3. The van der Waals surface area contributed by atoms with E-state index in [1.807, 2.05) is 48.9 Å². The third-order valence-corrected chi connectivity index (χ3v) is 5.27. The Kier molecular flexibility index (Phi) is 6.36. The number of pyridine rings is 1. The minimum atomic E-state index is -4.51. The number of hydrogen-bond acceptors (Lipinski definition) is 4. The fourth-order valence-electron chi connectivity index (χ4n) is 3.49. The molecular weight excluding hydrogens is 443 g/mol. The first-order chi connectivity index (χ1) is 16.2. The van der Waals surface area contributed by atoms with Crippen molar-refractivity contribution in [1.82, 2.24) is 14.5 Å². The Morgan fingerprint density at radius 2 is 1.79 bits per heavy atom. The summed E-state index contributed by atoms with van der Waals surface area (Å²) in [7, 11) is 0. The molecule has 0 aliphatic heterocycles. The lowest BCUT2D eigenvalue weighted by Gasteiger charge is -2.17. The van der Waals surface area contributed by atoms with Gasteiger partial charge in [0.15, 0.2) is 0 Å². The fourth-order valence-corrected chi connectivity index (χ4v) is 3.49. The Morgan fingerprint density at radius 1 is 1.03 bits per heavy atom. The van der Waals surface area contributed by atoms with Gasteiger partial charge in [0.2, 0.25) is 0 Å². The van der Waals surface area contributed by atoms with E-state index in [0.29, 0.717) is 11.5 Å². The van der Waals surface area contributed by atoms with Crippen LogP contribution in [0.3, 0.4) is 0 Å². The molecule has 2 aromatic heterocycles. The van der Waals surface area contributed by atoms with Gasteiger partial charge in [-0.25, -0.2) is 9.97 Å². The smallest absolute Gasteiger partial charge is 0.363 e. The van der Waals surface area contributed by atoms with Crippen LogP contribution in [0.5, 0.6) is 0 Å². The molecule has 2 N–H and O–H groups in total. The number of carbonyl (C=O) groups is 1. The molecule has 1 atom stereocenters. The van der Waals surface area contributed by atoms with Crippen molar-refractivity contribution in [2.75, 3.05) is 10.6 Å². The van der Waals surface area contributed by atoms with Crippen LogP contribution < -0.4 is 10.6 Å². The van der Waals surface area contributed by atoms with Gasteiger partial charge in [-0.05, 0) is 61.9 Å². The quantitative estimate of drug-likeness (QED) is 0.365. The number of benzene rings is 2. The number of aromatic nitrogens is 3. The highest BCUT2D eigenvalue weighted by Gasteiger charge is 2.30. The number of halogens is 3. The maximum Gasteiger partial charge on any atom is 0.416 e. The predicted molar refractivity (Wildman–Crippen MR) is 124 cm³/mol. The molecule has 2 aromatic carbocycles. The summed E-state index contributed by atoms with van der Waals surface area (Å²) in [5.74, 6) is 1.60. The van der Waals surface area contributed by atoms with E-state index in [9.17, 15) is 18.0 Å². The molecule has 0 spiro atoms. The van der Waals surface area contributed by atoms with E-state index in [1.165, 1.54) is 12.1 Å². The summed E-state index contributed by atoms with van der Waals surface area (Å²) in [5, 5.41) is 6.00. The van der Waals surface area contributed by atoms with E-state index in [2.05, 4.69) is 20.6 Å². The van der Waals surface area contributed by atoms with Crippen LogP contribution >= 0.6 is 0 Å². The molecule has 4 aromatic rings. The largest absolute Gasteiger partial charge is 0.416 e. The van der Waals surface area contributed by atoms with Crippen molar-refractivity contribution >= 4 is 17.4 Å². The minimum absolute atomic E-state index is 0.0674. The predicted octanol–water partition coefficient (Wildman–Crippen LogP) is 6.02. The Labute approximate surface area is 194 Å². The van der Waals surface area contributed by atoms with E-state index in [-0.39, 0.29) is 11.6 Å². The van der Waals surface area contributed by atoms with Gasteiger partial charge in [-0.1, -0.05) is 24.3 Å². The van der Waals surface area contributed by atoms with Crippen LogP contribution in [0, 0.1) is 6.92 Å². The van der Waals surface area contributed by atoms with Crippen molar-refractivity contribution in [3.8, 4) is 5.82 Å². The maximum absolute atomic E-state index is 13.0. The van der Waals surface area contributed by atoms with Gasteiger partial charge in [0.05, 0.1) is 11.6 Å². The van der Waals surface area contributed by atoms with Crippen LogP contribution in [0.1, 0.15) is 40.3 Å². The van der Waals surface area contributed by atoms with Gasteiger partial charge < -0.3 is 10.6 Å². The number of rotatable bonds is 6. The standard InChI is InChI=1S/C25H22F3N5O/c1-16(30-22-10-5-11-23(32-22)33-13-12-29-17(33)2)18-6-4-9-21(15-18)31-24(34)19-7-3-8-20(14-19)25(26,27)28/h3-16H,1-2H3,(H,30,32)(H,31,34)/t16-/m0/s1. The molecule has 0 aliphatic carbocycles. The summed E-state index contributed by atoms with van der Waals surface area (Å²) in [5.41, 5.74) is 0.409. The SMILES string of the molecule is Cc1nccn1-c1cccc(N[C@@H](C)c2cccc(NC(=O)c3cccc(C(F)(F)F)c3)c2)n1. The van der Waals surface area contributed by atoms with Gasteiger partial charge in [0, 0.05) is 23.6 Å². The Morgan fingerprint density at radius 3 is 2.53 bits per heavy atom. The van der Waals surface area contributed by atoms with Crippen LogP contribution in [-0.4, -0.2) is 20.4 Å². The first kappa shape index (κ1) is 23.0. The monoisotopic (exact) mass is 465 g/mol. The van der Waals surface area contributed by atoms with Gasteiger partial charge in [-0.3, -0.25) is 9.36 Å². The Hall–Kier alpha value is -4.14. The number of anilines is 2. The van der Waals surface area contributed by atoms with Gasteiger partial charge in [-0.2, -0.15) is 13.2 Å². The van der Waals surface area contributed by atoms with Gasteiger partial charge >= 0.3 is 6.18 Å². The van der Waals surface area contributed by atoms with Gasteiger partial charge in [0.1, 0.15) is 17.5 Å². The van der Waals surface area contributed by atoms with E-state index in [1.54, 1.807) is 24.4 Å². The third-order valence-electron chi connectivity index (χ3n) is 5.27. The highest BCUT2D eigenvalue weighted by molar-refractivity contribution is 6.04. The zero-order chi connectivity index (χ0) is 24.3. The number of alkyl halides is 3. The van der Waals surface area contributed by atoms with Crippen LogP contribution in [0.4, 0.5) is 24.7 Å². The highest BCUT2D eigenvalue weighted by atomic mass is 19.4. The molecule has 0 saturated carbocycles. The second-order valence-electron chi connectivity index (χ2n) is 7.75. The molecule has 0 radical (unpaired) electrons. The third kappa shape index (κ3) is 5.25. The van der Waals surface area contributed by atoms with Crippen LogP contribution in [0.15, 0.2) is 79.1 Å². The zero-order valence-electron chi connectivity index (χ0n) is 18.5. The Balaban J connectivity index is 1.47. The second kappa shape index (κ2) is 9.38. The molecule has 0 unspecified atom stereocenters. The molecule has 174 valence electrons. The molecule has 0 saturated heterocycles. The van der Waals surface area contributed by atoms with Crippen molar-refractivity contribution in [3.05, 3.63) is 102 Å².